The standard InChI is InChI=1S/C21H22N4S/c1-15-12-16(2)14-18(13-15)23-21(26)25-11-10-24-9-3-4-19(24)20(25)17-5-7-22-8-6-17/h3-9,12-14,20H,10-11H2,1-2H3,(H,23,26)/t20-/m1/s1. The molecule has 3 heterocycles. The third-order valence-electron chi connectivity index (χ3n) is 4.79. The lowest BCUT2D eigenvalue weighted by Crippen LogP contribution is -2.44. The van der Waals surface area contributed by atoms with Gasteiger partial charge in [-0.05, 0) is 79.2 Å². The molecule has 132 valence electrons. The van der Waals surface area contributed by atoms with Crippen molar-refractivity contribution < 1.29 is 0 Å². The van der Waals surface area contributed by atoms with Crippen molar-refractivity contribution in [2.45, 2.75) is 26.4 Å². The van der Waals surface area contributed by atoms with Crippen LogP contribution in [0.2, 0.25) is 0 Å². The number of thiocarbonyl (C=S) groups is 1. The molecule has 0 radical (unpaired) electrons. The number of fused-ring (bicyclic) bond motifs is 1. The summed E-state index contributed by atoms with van der Waals surface area (Å²) >= 11 is 5.81. The second-order valence-corrected chi connectivity index (χ2v) is 7.20. The summed E-state index contributed by atoms with van der Waals surface area (Å²) in [6, 6.07) is 14.9. The molecule has 1 aromatic carbocycles. The lowest BCUT2D eigenvalue weighted by Gasteiger charge is -2.39. The molecule has 1 aliphatic heterocycles. The van der Waals surface area contributed by atoms with Crippen LogP contribution in [0.4, 0.5) is 5.69 Å². The maximum atomic E-state index is 5.81. The molecule has 26 heavy (non-hydrogen) atoms. The first kappa shape index (κ1) is 16.8. The molecule has 4 rings (SSSR count). The Labute approximate surface area is 159 Å². The Morgan fingerprint density at radius 3 is 2.54 bits per heavy atom. The summed E-state index contributed by atoms with van der Waals surface area (Å²) < 4.78 is 2.31. The third kappa shape index (κ3) is 3.22. The predicted molar refractivity (Wildman–Crippen MR) is 109 cm³/mol. The van der Waals surface area contributed by atoms with Crippen molar-refractivity contribution in [1.82, 2.24) is 14.5 Å². The number of nitrogens with one attached hydrogen (secondary N) is 1. The molecular weight excluding hydrogens is 340 g/mol. The van der Waals surface area contributed by atoms with E-state index in [0.29, 0.717) is 0 Å². The van der Waals surface area contributed by atoms with E-state index in [2.05, 4.69) is 82.3 Å². The second-order valence-electron chi connectivity index (χ2n) is 6.81. The smallest absolute Gasteiger partial charge is 0.174 e. The largest absolute Gasteiger partial charge is 0.348 e. The van der Waals surface area contributed by atoms with Gasteiger partial charge in [0.15, 0.2) is 5.11 Å². The fourth-order valence-corrected chi connectivity index (χ4v) is 4.06. The molecule has 1 atom stereocenters. The van der Waals surface area contributed by atoms with Gasteiger partial charge >= 0.3 is 0 Å². The number of hydrogen-bond donors (Lipinski definition) is 1. The number of nitrogens with zero attached hydrogens (tertiary/aromatic N) is 3. The first-order valence-electron chi connectivity index (χ1n) is 8.83. The number of rotatable bonds is 2. The quantitative estimate of drug-likeness (QED) is 0.689. The molecule has 2 aromatic heterocycles. The number of aromatic nitrogens is 2. The summed E-state index contributed by atoms with van der Waals surface area (Å²) in [7, 11) is 0. The fraction of sp³-hybridized carbons (Fsp3) is 0.238. The second kappa shape index (κ2) is 6.92. The van der Waals surface area contributed by atoms with Crippen LogP contribution in [0.15, 0.2) is 61.1 Å². The minimum atomic E-state index is 0.0904. The molecule has 1 N–H and O–H groups in total. The average molecular weight is 363 g/mol. The highest BCUT2D eigenvalue weighted by atomic mass is 32.1. The molecular formula is C21H22N4S. The molecule has 5 heteroatoms. The zero-order valence-corrected chi connectivity index (χ0v) is 15.8. The molecule has 0 aliphatic carbocycles. The zero-order chi connectivity index (χ0) is 18.1. The Morgan fingerprint density at radius 1 is 1.08 bits per heavy atom. The summed E-state index contributed by atoms with van der Waals surface area (Å²) in [5.41, 5.74) is 5.96. The predicted octanol–water partition coefficient (Wildman–Crippen LogP) is 4.30. The Hall–Kier alpha value is -2.66. The van der Waals surface area contributed by atoms with E-state index >= 15 is 0 Å². The monoisotopic (exact) mass is 362 g/mol. The van der Waals surface area contributed by atoms with E-state index in [1.165, 1.54) is 22.4 Å². The van der Waals surface area contributed by atoms with Crippen molar-refractivity contribution in [3.05, 3.63) is 83.4 Å². The van der Waals surface area contributed by atoms with Crippen molar-refractivity contribution in [1.29, 1.82) is 0 Å². The van der Waals surface area contributed by atoms with Gasteiger partial charge in [-0.1, -0.05) is 6.07 Å². The van der Waals surface area contributed by atoms with Crippen molar-refractivity contribution in [3.63, 3.8) is 0 Å². The van der Waals surface area contributed by atoms with Gasteiger partial charge in [-0.3, -0.25) is 4.98 Å². The molecule has 0 fully saturated rings. The van der Waals surface area contributed by atoms with Crippen LogP contribution < -0.4 is 5.32 Å². The molecule has 0 unspecified atom stereocenters. The lowest BCUT2D eigenvalue weighted by molar-refractivity contribution is 0.293. The van der Waals surface area contributed by atoms with Gasteiger partial charge < -0.3 is 14.8 Å². The molecule has 0 saturated carbocycles. The summed E-state index contributed by atoms with van der Waals surface area (Å²) in [5, 5.41) is 4.20. The van der Waals surface area contributed by atoms with E-state index < -0.39 is 0 Å². The number of pyridine rings is 1. The molecule has 4 nitrogen and oxygen atoms in total. The Kier molecular flexibility index (Phi) is 4.47. The minimum Gasteiger partial charge on any atom is -0.348 e. The molecule has 0 saturated heterocycles. The van der Waals surface area contributed by atoms with Crippen LogP contribution in [-0.4, -0.2) is 26.1 Å². The Morgan fingerprint density at radius 2 is 1.81 bits per heavy atom. The highest BCUT2D eigenvalue weighted by molar-refractivity contribution is 7.80. The maximum absolute atomic E-state index is 5.81. The number of aryl methyl sites for hydroxylation is 2. The van der Waals surface area contributed by atoms with Crippen molar-refractivity contribution in [3.8, 4) is 0 Å². The molecule has 0 spiro atoms. The van der Waals surface area contributed by atoms with Gasteiger partial charge in [0.1, 0.15) is 0 Å². The molecule has 1 aliphatic rings. The molecule has 0 bridgehead atoms. The van der Waals surface area contributed by atoms with E-state index in [1.807, 2.05) is 12.4 Å². The maximum Gasteiger partial charge on any atom is 0.174 e. The zero-order valence-electron chi connectivity index (χ0n) is 15.0. The van der Waals surface area contributed by atoms with Crippen LogP contribution >= 0.6 is 12.2 Å². The van der Waals surface area contributed by atoms with Gasteiger partial charge in [0.05, 0.1) is 6.04 Å². The molecule has 0 amide bonds. The summed E-state index contributed by atoms with van der Waals surface area (Å²) in [6.45, 7) is 6.01. The highest BCUT2D eigenvalue weighted by Crippen LogP contribution is 2.32. The van der Waals surface area contributed by atoms with Crippen LogP contribution in [0, 0.1) is 13.8 Å². The number of benzene rings is 1. The number of anilines is 1. The van der Waals surface area contributed by atoms with Gasteiger partial charge in [-0.25, -0.2) is 0 Å². The van der Waals surface area contributed by atoms with Gasteiger partial charge in [-0.2, -0.15) is 0 Å². The van der Waals surface area contributed by atoms with E-state index in [9.17, 15) is 0 Å². The highest BCUT2D eigenvalue weighted by Gasteiger charge is 2.30. The first-order valence-corrected chi connectivity index (χ1v) is 9.23. The van der Waals surface area contributed by atoms with E-state index in [-0.39, 0.29) is 6.04 Å². The van der Waals surface area contributed by atoms with Gasteiger partial charge in [-0.15, -0.1) is 0 Å². The van der Waals surface area contributed by atoms with Crippen LogP contribution in [-0.2, 0) is 6.54 Å². The summed E-state index contributed by atoms with van der Waals surface area (Å²) in [5.74, 6) is 0. The fourth-order valence-electron chi connectivity index (χ4n) is 3.74. The topological polar surface area (TPSA) is 33.1 Å². The average Bonchev–Trinajstić information content (AvgIpc) is 3.09. The van der Waals surface area contributed by atoms with E-state index in [0.717, 1.165) is 23.9 Å². The van der Waals surface area contributed by atoms with E-state index in [1.54, 1.807) is 0 Å². The van der Waals surface area contributed by atoms with Gasteiger partial charge in [0.25, 0.3) is 0 Å². The van der Waals surface area contributed by atoms with Crippen LogP contribution in [0.5, 0.6) is 0 Å². The van der Waals surface area contributed by atoms with Crippen LogP contribution in [0.25, 0.3) is 0 Å². The Bertz CT molecular complexity index is 912. The lowest BCUT2D eigenvalue weighted by atomic mass is 10.0. The van der Waals surface area contributed by atoms with Crippen LogP contribution in [0.3, 0.4) is 0 Å². The minimum absolute atomic E-state index is 0.0904. The van der Waals surface area contributed by atoms with Crippen molar-refractivity contribution in [2.75, 3.05) is 11.9 Å². The van der Waals surface area contributed by atoms with Crippen LogP contribution in [0.1, 0.15) is 28.4 Å². The summed E-state index contributed by atoms with van der Waals surface area (Å²) in [6.07, 6.45) is 5.83. The van der Waals surface area contributed by atoms with Gasteiger partial charge in [0, 0.05) is 43.1 Å². The Balaban J connectivity index is 1.67. The first-order chi connectivity index (χ1) is 12.6. The SMILES string of the molecule is Cc1cc(C)cc(NC(=S)N2CCn3cccc3[C@H]2c2ccncc2)c1. The van der Waals surface area contributed by atoms with Crippen molar-refractivity contribution in [2.24, 2.45) is 0 Å². The normalized spacial score (nSPS) is 16.2. The summed E-state index contributed by atoms with van der Waals surface area (Å²) in [4.78, 5) is 6.44. The number of hydrogen-bond acceptors (Lipinski definition) is 2. The van der Waals surface area contributed by atoms with Crippen molar-refractivity contribution >= 4 is 23.0 Å². The third-order valence-corrected chi connectivity index (χ3v) is 5.13. The molecule has 3 aromatic rings. The van der Waals surface area contributed by atoms with Gasteiger partial charge in [0.2, 0.25) is 0 Å². The van der Waals surface area contributed by atoms with E-state index in [4.69, 9.17) is 12.2 Å².